The van der Waals surface area contributed by atoms with E-state index in [0.29, 0.717) is 12.4 Å². The summed E-state index contributed by atoms with van der Waals surface area (Å²) < 4.78 is 1.69. The summed E-state index contributed by atoms with van der Waals surface area (Å²) in [7, 11) is 1.83. The largest absolute Gasteiger partial charge is 0.325 e. The molecular weight excluding hydrogens is 324 g/mol. The van der Waals surface area contributed by atoms with E-state index >= 15 is 0 Å². The maximum absolute atomic E-state index is 12.6. The second-order valence-corrected chi connectivity index (χ2v) is 6.88. The lowest BCUT2D eigenvalue weighted by atomic mass is 10.1. The van der Waals surface area contributed by atoms with Crippen molar-refractivity contribution in [1.82, 2.24) is 9.78 Å². The van der Waals surface area contributed by atoms with Crippen molar-refractivity contribution in [3.63, 3.8) is 0 Å². The number of anilines is 2. The highest BCUT2D eigenvalue weighted by molar-refractivity contribution is 8.01. The first-order valence-electron chi connectivity index (χ1n) is 7.91. The molecule has 1 atom stereocenters. The minimum atomic E-state index is -0.192. The van der Waals surface area contributed by atoms with Gasteiger partial charge in [0.15, 0.2) is 5.82 Å². The molecule has 1 aromatic carbocycles. The Kier molecular flexibility index (Phi) is 5.20. The van der Waals surface area contributed by atoms with Crippen LogP contribution in [0.1, 0.15) is 12.8 Å². The lowest BCUT2D eigenvalue weighted by Crippen LogP contribution is -2.43. The summed E-state index contributed by atoms with van der Waals surface area (Å²) in [5.74, 6) is 0.898. The van der Waals surface area contributed by atoms with Crippen molar-refractivity contribution in [3.05, 3.63) is 42.6 Å². The number of benzene rings is 1. The molecule has 2 aromatic rings. The van der Waals surface area contributed by atoms with Gasteiger partial charge in [0, 0.05) is 31.5 Å². The fourth-order valence-electron chi connectivity index (χ4n) is 2.67. The Morgan fingerprint density at radius 1 is 1.33 bits per heavy atom. The van der Waals surface area contributed by atoms with Gasteiger partial charge in [-0.15, -0.1) is 11.8 Å². The highest BCUT2D eigenvalue weighted by Gasteiger charge is 2.31. The van der Waals surface area contributed by atoms with Gasteiger partial charge in [-0.05, 0) is 25.0 Å². The van der Waals surface area contributed by atoms with E-state index in [1.165, 1.54) is 11.8 Å². The number of nitrogens with zero attached hydrogens (tertiary/aromatic N) is 3. The van der Waals surface area contributed by atoms with Crippen molar-refractivity contribution < 1.29 is 9.59 Å². The highest BCUT2D eigenvalue weighted by atomic mass is 32.2. The average molecular weight is 344 g/mol. The number of para-hydroxylation sites is 1. The molecule has 7 heteroatoms. The third kappa shape index (κ3) is 3.97. The molecule has 1 aliphatic rings. The van der Waals surface area contributed by atoms with Gasteiger partial charge in [0.05, 0.1) is 11.0 Å². The zero-order valence-corrected chi connectivity index (χ0v) is 14.3. The van der Waals surface area contributed by atoms with Crippen molar-refractivity contribution in [1.29, 1.82) is 0 Å². The summed E-state index contributed by atoms with van der Waals surface area (Å²) >= 11 is 1.40. The minimum absolute atomic E-state index is 0.0393. The van der Waals surface area contributed by atoms with Crippen LogP contribution in [0, 0.1) is 0 Å². The molecule has 0 aliphatic carbocycles. The van der Waals surface area contributed by atoms with Crippen LogP contribution in [0.25, 0.3) is 0 Å². The average Bonchev–Trinajstić information content (AvgIpc) is 3.01. The van der Waals surface area contributed by atoms with Crippen molar-refractivity contribution in [2.24, 2.45) is 7.05 Å². The number of hydrogen-bond acceptors (Lipinski definition) is 4. The van der Waals surface area contributed by atoms with Gasteiger partial charge in [-0.1, -0.05) is 18.2 Å². The number of carbonyl (C=O) groups is 2. The third-order valence-electron chi connectivity index (χ3n) is 3.84. The van der Waals surface area contributed by atoms with E-state index in [0.717, 1.165) is 18.5 Å². The Morgan fingerprint density at radius 3 is 2.83 bits per heavy atom. The van der Waals surface area contributed by atoms with Crippen molar-refractivity contribution in [2.75, 3.05) is 22.5 Å². The number of thioether (sulfide) groups is 1. The molecule has 2 amide bonds. The molecule has 1 saturated heterocycles. The Bertz CT molecular complexity index is 716. The first-order valence-corrected chi connectivity index (χ1v) is 8.96. The van der Waals surface area contributed by atoms with Crippen LogP contribution in [0.3, 0.4) is 0 Å². The number of carbonyl (C=O) groups excluding carboxylic acids is 2. The van der Waals surface area contributed by atoms with E-state index < -0.39 is 0 Å². The molecule has 0 radical (unpaired) electrons. The van der Waals surface area contributed by atoms with Crippen molar-refractivity contribution in [2.45, 2.75) is 18.1 Å². The highest BCUT2D eigenvalue weighted by Crippen LogP contribution is 2.27. The zero-order chi connectivity index (χ0) is 16.9. The van der Waals surface area contributed by atoms with E-state index in [4.69, 9.17) is 0 Å². The molecular formula is C17H20N4O2S. The fraction of sp³-hybridized carbons (Fsp3) is 0.353. The number of amides is 2. The van der Waals surface area contributed by atoms with E-state index in [1.54, 1.807) is 9.58 Å². The van der Waals surface area contributed by atoms with E-state index in [-0.39, 0.29) is 22.8 Å². The van der Waals surface area contributed by atoms with Crippen LogP contribution in [0.4, 0.5) is 11.5 Å². The fourth-order valence-corrected chi connectivity index (χ4v) is 3.69. The number of aryl methyl sites for hydroxylation is 1. The summed E-state index contributed by atoms with van der Waals surface area (Å²) in [6, 6.07) is 11.2. The normalized spacial score (nSPS) is 17.8. The molecule has 6 nitrogen and oxygen atoms in total. The first kappa shape index (κ1) is 16.6. The molecule has 2 heterocycles. The van der Waals surface area contributed by atoms with Crippen LogP contribution >= 0.6 is 11.8 Å². The lowest BCUT2D eigenvalue weighted by Gasteiger charge is -2.30. The van der Waals surface area contributed by atoms with Crippen LogP contribution in [-0.2, 0) is 16.6 Å². The van der Waals surface area contributed by atoms with Gasteiger partial charge in [0.2, 0.25) is 11.8 Å². The molecule has 1 N–H and O–H groups in total. The van der Waals surface area contributed by atoms with Gasteiger partial charge >= 0.3 is 0 Å². The van der Waals surface area contributed by atoms with E-state index in [2.05, 4.69) is 10.4 Å². The minimum Gasteiger partial charge on any atom is -0.325 e. The Hall–Kier alpha value is -2.28. The third-order valence-corrected chi connectivity index (χ3v) is 5.11. The lowest BCUT2D eigenvalue weighted by molar-refractivity contribution is -0.119. The monoisotopic (exact) mass is 344 g/mol. The van der Waals surface area contributed by atoms with Gasteiger partial charge < -0.3 is 5.32 Å². The van der Waals surface area contributed by atoms with Gasteiger partial charge in [-0.2, -0.15) is 5.10 Å². The van der Waals surface area contributed by atoms with Crippen LogP contribution in [0.2, 0.25) is 0 Å². The van der Waals surface area contributed by atoms with Gasteiger partial charge in [0.1, 0.15) is 0 Å². The standard InChI is InChI=1S/C17H20N4O2S/c1-20-11-9-15(19-20)21-10-5-8-14(17(21)23)24-12-16(22)18-13-6-3-2-4-7-13/h2-4,6-7,9,11,14H,5,8,10,12H2,1H3,(H,18,22)/t14-/m1/s1. The summed E-state index contributed by atoms with van der Waals surface area (Å²) in [6.45, 7) is 0.684. The quantitative estimate of drug-likeness (QED) is 0.904. The summed E-state index contributed by atoms with van der Waals surface area (Å²) in [6.07, 6.45) is 3.54. The van der Waals surface area contributed by atoms with Crippen molar-refractivity contribution in [3.8, 4) is 0 Å². The molecule has 0 bridgehead atoms. The SMILES string of the molecule is Cn1ccc(N2CCC[C@@H](SCC(=O)Nc3ccccc3)C2=O)n1. The zero-order valence-electron chi connectivity index (χ0n) is 13.5. The molecule has 24 heavy (non-hydrogen) atoms. The number of nitrogens with one attached hydrogen (secondary N) is 1. The predicted molar refractivity (Wildman–Crippen MR) is 96.1 cm³/mol. The van der Waals surface area contributed by atoms with Gasteiger partial charge in [-0.3, -0.25) is 19.2 Å². The molecule has 3 rings (SSSR count). The first-order chi connectivity index (χ1) is 11.6. The topological polar surface area (TPSA) is 67.2 Å². The van der Waals surface area contributed by atoms with Crippen molar-refractivity contribution >= 4 is 35.1 Å². The van der Waals surface area contributed by atoms with Crippen LogP contribution in [-0.4, -0.2) is 39.1 Å². The molecule has 1 aromatic heterocycles. The van der Waals surface area contributed by atoms with E-state index in [9.17, 15) is 9.59 Å². The maximum Gasteiger partial charge on any atom is 0.241 e. The molecule has 0 spiro atoms. The number of hydrogen-bond donors (Lipinski definition) is 1. The molecule has 0 unspecified atom stereocenters. The number of aromatic nitrogens is 2. The molecule has 1 fully saturated rings. The van der Waals surface area contributed by atoms with Crippen LogP contribution in [0.5, 0.6) is 0 Å². The molecule has 0 saturated carbocycles. The van der Waals surface area contributed by atoms with E-state index in [1.807, 2.05) is 49.6 Å². The van der Waals surface area contributed by atoms with Gasteiger partial charge in [0.25, 0.3) is 0 Å². The Balaban J connectivity index is 1.55. The summed E-state index contributed by atoms with van der Waals surface area (Å²) in [5.41, 5.74) is 0.771. The second-order valence-electron chi connectivity index (χ2n) is 5.69. The van der Waals surface area contributed by atoms with Crippen LogP contribution in [0.15, 0.2) is 42.6 Å². The number of piperidine rings is 1. The molecule has 1 aliphatic heterocycles. The van der Waals surface area contributed by atoms with Gasteiger partial charge in [-0.25, -0.2) is 0 Å². The number of rotatable bonds is 5. The predicted octanol–water partition coefficient (Wildman–Crippen LogP) is 2.29. The Morgan fingerprint density at radius 2 is 2.12 bits per heavy atom. The second kappa shape index (κ2) is 7.53. The summed E-state index contributed by atoms with van der Waals surface area (Å²) in [5, 5.41) is 6.95. The summed E-state index contributed by atoms with van der Waals surface area (Å²) in [4.78, 5) is 26.4. The smallest absolute Gasteiger partial charge is 0.241 e. The Labute approximate surface area is 145 Å². The molecule has 126 valence electrons. The van der Waals surface area contributed by atoms with Crippen LogP contribution < -0.4 is 10.2 Å². The maximum atomic E-state index is 12.6.